The van der Waals surface area contributed by atoms with Gasteiger partial charge in [0.1, 0.15) is 0 Å². The minimum atomic E-state index is 0.0202. The summed E-state index contributed by atoms with van der Waals surface area (Å²) in [7, 11) is 0. The van der Waals surface area contributed by atoms with Crippen LogP contribution in [0.5, 0.6) is 0 Å². The van der Waals surface area contributed by atoms with E-state index in [1.807, 2.05) is 0 Å². The Labute approximate surface area is 104 Å². The minimum Gasteiger partial charge on any atom is -0.375 e. The molecule has 1 aromatic carbocycles. The van der Waals surface area contributed by atoms with Gasteiger partial charge in [-0.1, -0.05) is 30.3 Å². The molecule has 1 aromatic rings. The number of hydrogen-bond donors (Lipinski definition) is 1. The van der Waals surface area contributed by atoms with Gasteiger partial charge in [-0.3, -0.25) is 0 Å². The van der Waals surface area contributed by atoms with E-state index in [4.69, 9.17) is 4.74 Å². The van der Waals surface area contributed by atoms with E-state index in [1.54, 1.807) is 0 Å². The van der Waals surface area contributed by atoms with Crippen LogP contribution in [0.1, 0.15) is 45.2 Å². The van der Waals surface area contributed by atoms with Gasteiger partial charge in [0.05, 0.1) is 5.60 Å². The monoisotopic (exact) mass is 233 g/mol. The first-order chi connectivity index (χ1) is 8.07. The van der Waals surface area contributed by atoms with E-state index in [9.17, 15) is 0 Å². The number of rotatable bonds is 3. The predicted octanol–water partition coefficient (Wildman–Crippen LogP) is 3.29. The summed E-state index contributed by atoms with van der Waals surface area (Å²) in [5.41, 5.74) is 1.38. The van der Waals surface area contributed by atoms with Gasteiger partial charge in [0, 0.05) is 18.7 Å². The highest BCUT2D eigenvalue weighted by molar-refractivity contribution is 5.18. The van der Waals surface area contributed by atoms with Crippen molar-refractivity contribution in [3.63, 3.8) is 0 Å². The standard InChI is InChI=1S/C15H23NO/c1-12(13-7-5-4-6-8-13)16-14-9-10-17-15(2,3)11-14/h4-8,12,14,16H,9-11H2,1-3H3/t12-,14+/m0/s1. The number of hydrogen-bond acceptors (Lipinski definition) is 2. The van der Waals surface area contributed by atoms with Crippen LogP contribution < -0.4 is 5.32 Å². The van der Waals surface area contributed by atoms with Gasteiger partial charge in [-0.15, -0.1) is 0 Å². The Hall–Kier alpha value is -0.860. The van der Waals surface area contributed by atoms with Gasteiger partial charge in [-0.05, 0) is 39.2 Å². The van der Waals surface area contributed by atoms with Crippen LogP contribution in [-0.4, -0.2) is 18.2 Å². The van der Waals surface area contributed by atoms with Crippen LogP contribution in [0, 0.1) is 0 Å². The minimum absolute atomic E-state index is 0.0202. The molecule has 0 bridgehead atoms. The van der Waals surface area contributed by atoms with Gasteiger partial charge < -0.3 is 10.1 Å². The molecule has 0 aromatic heterocycles. The van der Waals surface area contributed by atoms with Crippen LogP contribution in [0.4, 0.5) is 0 Å². The molecule has 0 radical (unpaired) electrons. The molecule has 1 aliphatic heterocycles. The average molecular weight is 233 g/mol. The van der Waals surface area contributed by atoms with Crippen molar-refractivity contribution < 1.29 is 4.74 Å². The second kappa shape index (κ2) is 5.19. The topological polar surface area (TPSA) is 21.3 Å². The van der Waals surface area contributed by atoms with Crippen molar-refractivity contribution in [1.82, 2.24) is 5.32 Å². The average Bonchev–Trinajstić information content (AvgIpc) is 2.29. The van der Waals surface area contributed by atoms with E-state index in [-0.39, 0.29) is 5.60 Å². The molecular weight excluding hydrogens is 210 g/mol. The smallest absolute Gasteiger partial charge is 0.0641 e. The highest BCUT2D eigenvalue weighted by Gasteiger charge is 2.29. The summed E-state index contributed by atoms with van der Waals surface area (Å²) in [4.78, 5) is 0. The summed E-state index contributed by atoms with van der Waals surface area (Å²) in [5.74, 6) is 0. The van der Waals surface area contributed by atoms with E-state index >= 15 is 0 Å². The maximum Gasteiger partial charge on any atom is 0.0641 e. The van der Waals surface area contributed by atoms with Gasteiger partial charge in [-0.2, -0.15) is 0 Å². The normalized spacial score (nSPS) is 25.5. The van der Waals surface area contributed by atoms with Crippen molar-refractivity contribution in [3.05, 3.63) is 35.9 Å². The molecule has 0 amide bonds. The summed E-state index contributed by atoms with van der Waals surface area (Å²) >= 11 is 0. The molecule has 1 N–H and O–H groups in total. The van der Waals surface area contributed by atoms with Crippen LogP contribution in [0.3, 0.4) is 0 Å². The second-order valence-corrected chi connectivity index (χ2v) is 5.60. The van der Waals surface area contributed by atoms with E-state index in [0.29, 0.717) is 12.1 Å². The van der Waals surface area contributed by atoms with Crippen molar-refractivity contribution in [2.24, 2.45) is 0 Å². The summed E-state index contributed by atoms with van der Waals surface area (Å²) in [6.45, 7) is 7.45. The highest BCUT2D eigenvalue weighted by Crippen LogP contribution is 2.25. The Bertz CT molecular complexity index is 347. The first kappa shape index (κ1) is 12.6. The Kier molecular flexibility index (Phi) is 3.85. The zero-order chi connectivity index (χ0) is 12.3. The molecule has 1 heterocycles. The zero-order valence-electron chi connectivity index (χ0n) is 11.1. The SMILES string of the molecule is C[C@H](N[C@@H]1CCOC(C)(C)C1)c1ccccc1. The largest absolute Gasteiger partial charge is 0.375 e. The molecule has 0 spiro atoms. The van der Waals surface area contributed by atoms with Crippen molar-refractivity contribution in [3.8, 4) is 0 Å². The molecule has 0 saturated carbocycles. The number of nitrogens with one attached hydrogen (secondary N) is 1. The fourth-order valence-corrected chi connectivity index (χ4v) is 2.57. The van der Waals surface area contributed by atoms with Gasteiger partial charge in [0.15, 0.2) is 0 Å². The summed E-state index contributed by atoms with van der Waals surface area (Å²) < 4.78 is 5.74. The van der Waals surface area contributed by atoms with Crippen LogP contribution in [-0.2, 0) is 4.74 Å². The van der Waals surface area contributed by atoms with Crippen LogP contribution in [0.15, 0.2) is 30.3 Å². The lowest BCUT2D eigenvalue weighted by atomic mass is 9.93. The quantitative estimate of drug-likeness (QED) is 0.865. The third-order valence-corrected chi connectivity index (χ3v) is 3.48. The first-order valence-corrected chi connectivity index (χ1v) is 6.52. The predicted molar refractivity (Wildman–Crippen MR) is 71.0 cm³/mol. The van der Waals surface area contributed by atoms with Crippen molar-refractivity contribution in [2.45, 2.75) is 51.3 Å². The lowest BCUT2D eigenvalue weighted by Crippen LogP contribution is -2.44. The highest BCUT2D eigenvalue weighted by atomic mass is 16.5. The van der Waals surface area contributed by atoms with E-state index < -0.39 is 0 Å². The van der Waals surface area contributed by atoms with E-state index in [1.165, 1.54) is 5.56 Å². The third-order valence-electron chi connectivity index (χ3n) is 3.48. The maximum absolute atomic E-state index is 5.74. The Morgan fingerprint density at radius 2 is 2.00 bits per heavy atom. The Morgan fingerprint density at radius 3 is 2.65 bits per heavy atom. The number of ether oxygens (including phenoxy) is 1. The molecule has 0 aliphatic carbocycles. The fraction of sp³-hybridized carbons (Fsp3) is 0.600. The van der Waals surface area contributed by atoms with E-state index in [0.717, 1.165) is 19.4 Å². The van der Waals surface area contributed by atoms with Crippen LogP contribution >= 0.6 is 0 Å². The molecule has 2 atom stereocenters. The summed E-state index contributed by atoms with van der Waals surface area (Å²) in [6, 6.07) is 11.6. The molecule has 2 rings (SSSR count). The van der Waals surface area contributed by atoms with E-state index in [2.05, 4.69) is 56.4 Å². The van der Waals surface area contributed by atoms with Crippen molar-refractivity contribution in [1.29, 1.82) is 0 Å². The van der Waals surface area contributed by atoms with Gasteiger partial charge in [-0.25, -0.2) is 0 Å². The lowest BCUT2D eigenvalue weighted by molar-refractivity contribution is -0.0639. The van der Waals surface area contributed by atoms with Crippen molar-refractivity contribution in [2.75, 3.05) is 6.61 Å². The Balaban J connectivity index is 1.93. The first-order valence-electron chi connectivity index (χ1n) is 6.52. The molecule has 94 valence electrons. The molecule has 2 heteroatoms. The molecule has 0 unspecified atom stereocenters. The molecule has 1 saturated heterocycles. The van der Waals surface area contributed by atoms with Crippen LogP contribution in [0.25, 0.3) is 0 Å². The zero-order valence-corrected chi connectivity index (χ0v) is 11.1. The molecular formula is C15H23NO. The fourth-order valence-electron chi connectivity index (χ4n) is 2.57. The molecule has 1 aliphatic rings. The van der Waals surface area contributed by atoms with Crippen LogP contribution in [0.2, 0.25) is 0 Å². The summed E-state index contributed by atoms with van der Waals surface area (Å²) in [6.07, 6.45) is 2.20. The Morgan fingerprint density at radius 1 is 1.29 bits per heavy atom. The lowest BCUT2D eigenvalue weighted by Gasteiger charge is -2.37. The maximum atomic E-state index is 5.74. The molecule has 1 fully saturated rings. The van der Waals surface area contributed by atoms with Crippen molar-refractivity contribution >= 4 is 0 Å². The molecule has 2 nitrogen and oxygen atoms in total. The van der Waals surface area contributed by atoms with Gasteiger partial charge in [0.25, 0.3) is 0 Å². The van der Waals surface area contributed by atoms with Gasteiger partial charge in [0.2, 0.25) is 0 Å². The second-order valence-electron chi connectivity index (χ2n) is 5.60. The summed E-state index contributed by atoms with van der Waals surface area (Å²) in [5, 5.41) is 3.71. The third kappa shape index (κ3) is 3.55. The molecule has 17 heavy (non-hydrogen) atoms. The number of benzene rings is 1. The van der Waals surface area contributed by atoms with Gasteiger partial charge >= 0.3 is 0 Å².